The van der Waals surface area contributed by atoms with Crippen molar-refractivity contribution in [2.75, 3.05) is 27.4 Å². The zero-order chi connectivity index (χ0) is 24.2. The first kappa shape index (κ1) is 25.4. The minimum atomic E-state index is -3.96. The molecule has 0 aliphatic carbocycles. The van der Waals surface area contributed by atoms with E-state index in [2.05, 4.69) is 4.72 Å². The monoisotopic (exact) mass is 494 g/mol. The number of fused-ring (bicyclic) bond motifs is 1. The Morgan fingerprint density at radius 2 is 1.91 bits per heavy atom. The number of benzene rings is 1. The van der Waals surface area contributed by atoms with Gasteiger partial charge in [0.05, 0.1) is 25.8 Å². The molecule has 1 aromatic heterocycles. The molecule has 3 rings (SSSR count). The Kier molecular flexibility index (Phi) is 8.28. The summed E-state index contributed by atoms with van der Waals surface area (Å²) in [5.41, 5.74) is 2.99. The largest absolute Gasteiger partial charge is 0.465 e. The van der Waals surface area contributed by atoms with Crippen molar-refractivity contribution in [2.45, 2.75) is 49.9 Å². The van der Waals surface area contributed by atoms with Crippen LogP contribution in [-0.4, -0.2) is 58.6 Å². The third-order valence-corrected chi connectivity index (χ3v) is 8.86. The van der Waals surface area contributed by atoms with E-state index >= 15 is 0 Å². The highest BCUT2D eigenvalue weighted by Crippen LogP contribution is 2.37. The third kappa shape index (κ3) is 6.00. The molecule has 0 bridgehead atoms. The average molecular weight is 495 g/mol. The van der Waals surface area contributed by atoms with Gasteiger partial charge in [-0.2, -0.15) is 0 Å². The summed E-state index contributed by atoms with van der Waals surface area (Å²) in [5.74, 6) is -0.683. The average Bonchev–Trinajstić information content (AvgIpc) is 3.17. The van der Waals surface area contributed by atoms with Crippen molar-refractivity contribution in [3.05, 3.63) is 51.4 Å². The summed E-state index contributed by atoms with van der Waals surface area (Å²) in [6, 6.07) is 7.62. The topological polar surface area (TPSA) is 102 Å². The van der Waals surface area contributed by atoms with Gasteiger partial charge in [-0.15, -0.1) is 11.3 Å². The van der Waals surface area contributed by atoms with Gasteiger partial charge in [-0.05, 0) is 37.8 Å². The number of nitrogens with one attached hydrogen (secondary N) is 1. The van der Waals surface area contributed by atoms with Gasteiger partial charge in [-0.1, -0.05) is 29.8 Å². The molecule has 1 unspecified atom stereocenters. The Balaban J connectivity index is 1.80. The van der Waals surface area contributed by atoms with Crippen LogP contribution in [0.5, 0.6) is 0 Å². The van der Waals surface area contributed by atoms with Crippen LogP contribution < -0.4 is 4.72 Å². The fraction of sp³-hybridized carbons (Fsp3) is 0.478. The molecule has 1 atom stereocenters. The highest BCUT2D eigenvalue weighted by atomic mass is 32.2. The number of rotatable bonds is 9. The number of carbonyl (C=O) groups is 2. The van der Waals surface area contributed by atoms with Crippen LogP contribution in [0.15, 0.2) is 28.5 Å². The standard InChI is InChI=1S/C23H30N2O6S2/c1-15-5-7-17(8-6-15)9-10-20(26)25-12-11-18-19(13-25)32-23(21(18)22(27)31-4)33(28,29)24-16(2)14-30-3/h5-8,16,24H,9-14H2,1-4H3. The Morgan fingerprint density at radius 3 is 2.55 bits per heavy atom. The van der Waals surface area contributed by atoms with Gasteiger partial charge < -0.3 is 14.4 Å². The highest BCUT2D eigenvalue weighted by Gasteiger charge is 2.35. The first-order valence-electron chi connectivity index (χ1n) is 10.7. The Hall–Kier alpha value is -2.27. The SMILES string of the molecule is COCC(C)NS(=O)(=O)c1sc2c(c1C(=O)OC)CCN(C(=O)CCc1ccc(C)cc1)C2. The lowest BCUT2D eigenvalue weighted by molar-refractivity contribution is -0.132. The van der Waals surface area contributed by atoms with Crippen LogP contribution in [0.2, 0.25) is 0 Å². The minimum absolute atomic E-state index is 0.00509. The lowest BCUT2D eigenvalue weighted by atomic mass is 10.0. The molecule has 1 amide bonds. The van der Waals surface area contributed by atoms with Gasteiger partial charge in [0.1, 0.15) is 4.21 Å². The van der Waals surface area contributed by atoms with Gasteiger partial charge in [0.15, 0.2) is 0 Å². The Bertz CT molecular complexity index is 1110. The zero-order valence-electron chi connectivity index (χ0n) is 19.3. The third-order valence-electron chi connectivity index (χ3n) is 5.53. The molecule has 0 saturated heterocycles. The maximum atomic E-state index is 13.0. The molecule has 1 N–H and O–H groups in total. The van der Waals surface area contributed by atoms with Crippen LogP contribution in [0, 0.1) is 6.92 Å². The number of esters is 1. The van der Waals surface area contributed by atoms with Crippen molar-refractivity contribution in [2.24, 2.45) is 0 Å². The van der Waals surface area contributed by atoms with Crippen LogP contribution in [0.4, 0.5) is 0 Å². The van der Waals surface area contributed by atoms with Gasteiger partial charge in [0.25, 0.3) is 10.0 Å². The second-order valence-corrected chi connectivity index (χ2v) is 11.2. The second-order valence-electron chi connectivity index (χ2n) is 8.19. The predicted molar refractivity (Wildman–Crippen MR) is 126 cm³/mol. The summed E-state index contributed by atoms with van der Waals surface area (Å²) in [5, 5.41) is 0. The first-order chi connectivity index (χ1) is 15.7. The molecule has 180 valence electrons. The molecule has 0 radical (unpaired) electrons. The lowest BCUT2D eigenvalue weighted by Crippen LogP contribution is -2.36. The van der Waals surface area contributed by atoms with Crippen molar-refractivity contribution in [3.63, 3.8) is 0 Å². The first-order valence-corrected chi connectivity index (χ1v) is 13.0. The van der Waals surface area contributed by atoms with Gasteiger partial charge in [0.2, 0.25) is 5.91 Å². The molecule has 8 nitrogen and oxygen atoms in total. The molecule has 2 aromatic rings. The number of carbonyl (C=O) groups excluding carboxylic acids is 2. The van der Waals surface area contributed by atoms with E-state index in [1.54, 1.807) is 11.8 Å². The number of ether oxygens (including phenoxy) is 2. The van der Waals surface area contributed by atoms with Crippen LogP contribution in [0.1, 0.15) is 45.3 Å². The van der Waals surface area contributed by atoms with E-state index < -0.39 is 22.0 Å². The number of nitrogens with zero attached hydrogens (tertiary/aromatic N) is 1. The maximum absolute atomic E-state index is 13.0. The van der Waals surface area contributed by atoms with Crippen LogP contribution >= 0.6 is 11.3 Å². The molecule has 0 spiro atoms. The van der Waals surface area contributed by atoms with Crippen molar-refractivity contribution in [1.82, 2.24) is 9.62 Å². The molecule has 2 heterocycles. The molecular formula is C23H30N2O6S2. The van der Waals surface area contributed by atoms with Crippen LogP contribution in [0.25, 0.3) is 0 Å². The molecule has 10 heteroatoms. The number of aryl methyl sites for hydroxylation is 2. The molecule has 0 fully saturated rings. The predicted octanol–water partition coefficient (Wildman–Crippen LogP) is 2.67. The normalized spacial score (nSPS) is 14.6. The van der Waals surface area contributed by atoms with Gasteiger partial charge >= 0.3 is 5.97 Å². The summed E-state index contributed by atoms with van der Waals surface area (Å²) in [4.78, 5) is 27.8. The number of sulfonamides is 1. The number of hydrogen-bond acceptors (Lipinski definition) is 7. The fourth-order valence-corrected chi connectivity index (χ4v) is 7.00. The summed E-state index contributed by atoms with van der Waals surface area (Å²) in [6.45, 7) is 4.60. The van der Waals surface area contributed by atoms with Gasteiger partial charge in [-0.3, -0.25) is 4.79 Å². The quantitative estimate of drug-likeness (QED) is 0.538. The zero-order valence-corrected chi connectivity index (χ0v) is 21.0. The number of thiophene rings is 1. The van der Waals surface area contributed by atoms with Crippen LogP contribution in [-0.2, 0) is 43.7 Å². The van der Waals surface area contributed by atoms with E-state index in [1.165, 1.54) is 19.8 Å². The molecule has 33 heavy (non-hydrogen) atoms. The maximum Gasteiger partial charge on any atom is 0.340 e. The van der Waals surface area contributed by atoms with Gasteiger partial charge in [0, 0.05) is 31.0 Å². The number of hydrogen-bond donors (Lipinski definition) is 1. The second kappa shape index (κ2) is 10.8. The molecule has 1 aromatic carbocycles. The highest BCUT2D eigenvalue weighted by molar-refractivity contribution is 7.91. The number of amides is 1. The van der Waals surface area contributed by atoms with E-state index in [0.717, 1.165) is 16.9 Å². The number of methoxy groups -OCH3 is 2. The summed E-state index contributed by atoms with van der Waals surface area (Å²) in [7, 11) is -1.25. The minimum Gasteiger partial charge on any atom is -0.465 e. The fourth-order valence-electron chi connectivity index (χ4n) is 3.86. The Labute approximate surface area is 198 Å². The summed E-state index contributed by atoms with van der Waals surface area (Å²) >= 11 is 1.02. The van der Waals surface area contributed by atoms with E-state index in [0.29, 0.717) is 36.2 Å². The van der Waals surface area contributed by atoms with Crippen molar-refractivity contribution < 1.29 is 27.5 Å². The van der Waals surface area contributed by atoms with E-state index in [-0.39, 0.29) is 28.8 Å². The lowest BCUT2D eigenvalue weighted by Gasteiger charge is -2.27. The molecular weight excluding hydrogens is 464 g/mol. The molecule has 0 saturated carbocycles. The van der Waals surface area contributed by atoms with E-state index in [1.807, 2.05) is 31.2 Å². The summed E-state index contributed by atoms with van der Waals surface area (Å²) in [6.07, 6.45) is 1.41. The van der Waals surface area contributed by atoms with Crippen molar-refractivity contribution >= 4 is 33.2 Å². The van der Waals surface area contributed by atoms with Crippen molar-refractivity contribution in [3.8, 4) is 0 Å². The Morgan fingerprint density at radius 1 is 1.21 bits per heavy atom. The molecule has 1 aliphatic rings. The van der Waals surface area contributed by atoms with Crippen LogP contribution in [0.3, 0.4) is 0 Å². The summed E-state index contributed by atoms with van der Waals surface area (Å²) < 4.78 is 38.4. The van der Waals surface area contributed by atoms with Gasteiger partial charge in [-0.25, -0.2) is 17.9 Å². The smallest absolute Gasteiger partial charge is 0.340 e. The van der Waals surface area contributed by atoms with E-state index in [4.69, 9.17) is 9.47 Å². The van der Waals surface area contributed by atoms with Crippen molar-refractivity contribution in [1.29, 1.82) is 0 Å². The van der Waals surface area contributed by atoms with E-state index in [9.17, 15) is 18.0 Å². The molecule has 1 aliphatic heterocycles.